The first-order valence-corrected chi connectivity index (χ1v) is 16.8. The molecule has 4 aromatic rings. The van der Waals surface area contributed by atoms with Gasteiger partial charge in [0.2, 0.25) is 0 Å². The van der Waals surface area contributed by atoms with E-state index in [0.29, 0.717) is 6.54 Å². The van der Waals surface area contributed by atoms with E-state index in [1.54, 1.807) is 0 Å². The van der Waals surface area contributed by atoms with Crippen molar-refractivity contribution in [1.82, 2.24) is 0 Å². The van der Waals surface area contributed by atoms with Gasteiger partial charge in [-0.3, -0.25) is 0 Å². The SMILES string of the molecule is CCN(CC)c1ccc(C(c2ccc(N(CC)CC)cc2)c2ccc(N(CC)CC(O)CC(C)(C)C)c3ccccc23)cc1. The second-order valence-corrected chi connectivity index (χ2v) is 13.1. The Morgan fingerprint density at radius 1 is 0.568 bits per heavy atom. The van der Waals surface area contributed by atoms with Crippen molar-refractivity contribution in [3.63, 3.8) is 0 Å². The van der Waals surface area contributed by atoms with Crippen LogP contribution in [0, 0.1) is 5.41 Å². The fourth-order valence-corrected chi connectivity index (χ4v) is 6.74. The molecule has 0 radical (unpaired) electrons. The molecule has 44 heavy (non-hydrogen) atoms. The molecule has 1 unspecified atom stereocenters. The van der Waals surface area contributed by atoms with Crippen molar-refractivity contribution in [2.75, 3.05) is 54.0 Å². The number of fused-ring (bicyclic) bond motifs is 1. The number of rotatable bonds is 14. The third-order valence-electron chi connectivity index (χ3n) is 8.96. The summed E-state index contributed by atoms with van der Waals surface area (Å²) in [6.45, 7) is 23.1. The van der Waals surface area contributed by atoms with Crippen LogP contribution in [0.3, 0.4) is 0 Å². The predicted octanol–water partition coefficient (Wildman–Crippen LogP) is 9.34. The summed E-state index contributed by atoms with van der Waals surface area (Å²) >= 11 is 0. The van der Waals surface area contributed by atoms with E-state index in [1.165, 1.54) is 44.5 Å². The number of hydrogen-bond acceptors (Lipinski definition) is 4. The van der Waals surface area contributed by atoms with E-state index in [2.05, 4.69) is 155 Å². The van der Waals surface area contributed by atoms with Gasteiger partial charge < -0.3 is 19.8 Å². The molecule has 0 saturated carbocycles. The first-order chi connectivity index (χ1) is 21.1. The fourth-order valence-electron chi connectivity index (χ4n) is 6.74. The average Bonchev–Trinajstić information content (AvgIpc) is 3.02. The van der Waals surface area contributed by atoms with Crippen molar-refractivity contribution in [2.24, 2.45) is 5.41 Å². The molecule has 0 aliphatic rings. The number of aliphatic hydroxyl groups is 1. The molecule has 0 spiro atoms. The lowest BCUT2D eigenvalue weighted by atomic mass is 9.82. The van der Waals surface area contributed by atoms with Crippen molar-refractivity contribution in [1.29, 1.82) is 0 Å². The number of benzene rings is 4. The van der Waals surface area contributed by atoms with Crippen LogP contribution in [0.4, 0.5) is 17.1 Å². The molecular weight excluding hydrogens is 538 g/mol. The Labute approximate surface area is 267 Å². The van der Waals surface area contributed by atoms with Gasteiger partial charge in [-0.05, 0) is 98.9 Å². The molecule has 4 rings (SSSR count). The van der Waals surface area contributed by atoms with Crippen molar-refractivity contribution >= 4 is 27.8 Å². The molecule has 0 bridgehead atoms. The topological polar surface area (TPSA) is 30.0 Å². The summed E-state index contributed by atoms with van der Waals surface area (Å²) < 4.78 is 0. The minimum absolute atomic E-state index is 0.0830. The molecule has 0 amide bonds. The summed E-state index contributed by atoms with van der Waals surface area (Å²) in [6, 6.07) is 31.8. The molecule has 4 nitrogen and oxygen atoms in total. The van der Waals surface area contributed by atoms with Gasteiger partial charge in [-0.25, -0.2) is 0 Å². The second kappa shape index (κ2) is 15.0. The van der Waals surface area contributed by atoms with E-state index in [4.69, 9.17) is 0 Å². The Kier molecular flexibility index (Phi) is 11.4. The largest absolute Gasteiger partial charge is 0.391 e. The first-order valence-electron chi connectivity index (χ1n) is 16.8. The molecule has 236 valence electrons. The maximum atomic E-state index is 11.0. The number of anilines is 3. The third kappa shape index (κ3) is 7.77. The molecule has 0 fully saturated rings. The normalized spacial score (nSPS) is 12.5. The monoisotopic (exact) mass is 593 g/mol. The van der Waals surface area contributed by atoms with E-state index in [9.17, 15) is 5.11 Å². The quantitative estimate of drug-likeness (QED) is 0.148. The summed E-state index contributed by atoms with van der Waals surface area (Å²) in [4.78, 5) is 7.14. The zero-order chi connectivity index (χ0) is 31.9. The number of hydrogen-bond donors (Lipinski definition) is 1. The highest BCUT2D eigenvalue weighted by Crippen LogP contribution is 2.40. The van der Waals surface area contributed by atoms with Gasteiger partial charge in [-0.1, -0.05) is 75.4 Å². The van der Waals surface area contributed by atoms with Gasteiger partial charge in [-0.2, -0.15) is 0 Å². The van der Waals surface area contributed by atoms with E-state index in [0.717, 1.165) is 39.1 Å². The Bertz CT molecular complexity index is 1390. The highest BCUT2D eigenvalue weighted by molar-refractivity contribution is 5.97. The standard InChI is InChI=1S/C40H55N3O/c1-9-41(10-2)32-22-18-30(19-23-32)39(31-20-24-33(25-21-31)42(11-3)12-4)37-26-27-38(36-17-15-14-16-35(36)37)43(13-5)29-34(44)28-40(6,7)8/h14-27,34,39,44H,9-13,28-29H2,1-8H3. The summed E-state index contributed by atoms with van der Waals surface area (Å²) in [5.41, 5.74) is 7.70. The lowest BCUT2D eigenvalue weighted by Gasteiger charge is -2.31. The lowest BCUT2D eigenvalue weighted by Crippen LogP contribution is -2.34. The van der Waals surface area contributed by atoms with Crippen molar-refractivity contribution in [3.05, 3.63) is 102 Å². The van der Waals surface area contributed by atoms with Gasteiger partial charge in [0.05, 0.1) is 6.10 Å². The highest BCUT2D eigenvalue weighted by atomic mass is 16.3. The predicted molar refractivity (Wildman–Crippen MR) is 193 cm³/mol. The number of aliphatic hydroxyl groups excluding tert-OH is 1. The van der Waals surface area contributed by atoms with Crippen molar-refractivity contribution in [2.45, 2.75) is 73.8 Å². The molecule has 1 N–H and O–H groups in total. The summed E-state index contributed by atoms with van der Waals surface area (Å²) in [5.74, 6) is 0.0898. The molecule has 0 aliphatic heterocycles. The molecule has 1 atom stereocenters. The number of likely N-dealkylation sites (N-methyl/N-ethyl adjacent to an activating group) is 1. The lowest BCUT2D eigenvalue weighted by molar-refractivity contribution is 0.126. The summed E-state index contributed by atoms with van der Waals surface area (Å²) in [5, 5.41) is 13.5. The van der Waals surface area contributed by atoms with Crippen LogP contribution in [-0.4, -0.2) is 50.5 Å². The van der Waals surface area contributed by atoms with Gasteiger partial charge in [-0.15, -0.1) is 0 Å². The summed E-state index contributed by atoms with van der Waals surface area (Å²) in [6.07, 6.45) is 0.393. The molecule has 0 saturated heterocycles. The van der Waals surface area contributed by atoms with Gasteiger partial charge >= 0.3 is 0 Å². The van der Waals surface area contributed by atoms with E-state index >= 15 is 0 Å². The van der Waals surface area contributed by atoms with Crippen LogP contribution in [-0.2, 0) is 0 Å². The molecule has 0 heterocycles. The minimum atomic E-state index is -0.380. The van der Waals surface area contributed by atoms with E-state index in [1.807, 2.05) is 0 Å². The smallest absolute Gasteiger partial charge is 0.0720 e. The van der Waals surface area contributed by atoms with E-state index < -0.39 is 0 Å². The van der Waals surface area contributed by atoms with Gasteiger partial charge in [0.25, 0.3) is 0 Å². The highest BCUT2D eigenvalue weighted by Gasteiger charge is 2.24. The third-order valence-corrected chi connectivity index (χ3v) is 8.96. The zero-order valence-electron chi connectivity index (χ0n) is 28.5. The summed E-state index contributed by atoms with van der Waals surface area (Å²) in [7, 11) is 0. The van der Waals surface area contributed by atoms with Gasteiger partial charge in [0.15, 0.2) is 0 Å². The maximum absolute atomic E-state index is 11.0. The first kappa shape index (κ1) is 33.4. The zero-order valence-corrected chi connectivity index (χ0v) is 28.5. The van der Waals surface area contributed by atoms with Crippen molar-refractivity contribution in [3.8, 4) is 0 Å². The fraction of sp³-hybridized carbons (Fsp3) is 0.450. The van der Waals surface area contributed by atoms with Crippen LogP contribution in [0.2, 0.25) is 0 Å². The molecule has 0 aromatic heterocycles. The van der Waals surface area contributed by atoms with Crippen molar-refractivity contribution < 1.29 is 5.11 Å². The van der Waals surface area contributed by atoms with Crippen LogP contribution < -0.4 is 14.7 Å². The Morgan fingerprint density at radius 2 is 1.02 bits per heavy atom. The molecule has 4 aromatic carbocycles. The average molecular weight is 594 g/mol. The maximum Gasteiger partial charge on any atom is 0.0720 e. The van der Waals surface area contributed by atoms with Gasteiger partial charge in [0, 0.05) is 67.6 Å². The van der Waals surface area contributed by atoms with Gasteiger partial charge in [0.1, 0.15) is 0 Å². The van der Waals surface area contributed by atoms with Crippen LogP contribution in [0.1, 0.15) is 84.4 Å². The van der Waals surface area contributed by atoms with Crippen LogP contribution in [0.5, 0.6) is 0 Å². The number of nitrogens with zero attached hydrogens (tertiary/aromatic N) is 3. The van der Waals surface area contributed by atoms with Crippen LogP contribution in [0.15, 0.2) is 84.9 Å². The Balaban J connectivity index is 1.84. The molecular formula is C40H55N3O. The van der Waals surface area contributed by atoms with Crippen LogP contribution in [0.25, 0.3) is 10.8 Å². The molecule has 4 heteroatoms. The minimum Gasteiger partial charge on any atom is -0.391 e. The van der Waals surface area contributed by atoms with Crippen LogP contribution >= 0.6 is 0 Å². The Morgan fingerprint density at radius 3 is 1.45 bits per heavy atom. The molecule has 0 aliphatic carbocycles. The second-order valence-electron chi connectivity index (χ2n) is 13.1. The van der Waals surface area contributed by atoms with E-state index in [-0.39, 0.29) is 17.4 Å². The Hall–Kier alpha value is -3.50.